The highest BCUT2D eigenvalue weighted by atomic mass is 35.5. The third kappa shape index (κ3) is 5.84. The van der Waals surface area contributed by atoms with E-state index in [9.17, 15) is 4.79 Å². The highest BCUT2D eigenvalue weighted by Crippen LogP contribution is 2.03. The van der Waals surface area contributed by atoms with Crippen LogP contribution in [0.3, 0.4) is 0 Å². The summed E-state index contributed by atoms with van der Waals surface area (Å²) >= 11 is 0. The van der Waals surface area contributed by atoms with E-state index in [1.807, 2.05) is 0 Å². The van der Waals surface area contributed by atoms with Crippen LogP contribution in [-0.2, 0) is 4.74 Å². The van der Waals surface area contributed by atoms with Crippen LogP contribution in [0.25, 0.3) is 5.65 Å². The SMILES string of the molecule is COCCNCCNC(=O)c1ccc2nncn2c1.Cl.Cl. The number of methoxy groups -OCH3 is 1. The molecule has 21 heavy (non-hydrogen) atoms. The predicted molar refractivity (Wildman–Crippen MR) is 84.6 cm³/mol. The fraction of sp³-hybridized carbons (Fsp3) is 0.417. The molecule has 0 unspecified atom stereocenters. The number of rotatable bonds is 7. The molecule has 0 aliphatic carbocycles. The van der Waals surface area contributed by atoms with Gasteiger partial charge >= 0.3 is 0 Å². The number of halogens is 2. The monoisotopic (exact) mass is 335 g/mol. The lowest BCUT2D eigenvalue weighted by Crippen LogP contribution is -2.33. The molecule has 1 amide bonds. The molecule has 2 aromatic rings. The molecule has 0 atom stereocenters. The molecular weight excluding hydrogens is 317 g/mol. The van der Waals surface area contributed by atoms with Crippen LogP contribution in [0.2, 0.25) is 0 Å². The van der Waals surface area contributed by atoms with Crippen molar-refractivity contribution in [1.29, 1.82) is 0 Å². The van der Waals surface area contributed by atoms with Crippen LogP contribution in [0.5, 0.6) is 0 Å². The van der Waals surface area contributed by atoms with Gasteiger partial charge in [0.25, 0.3) is 5.91 Å². The standard InChI is InChI=1S/C12H17N5O2.2ClH/c1-19-7-6-13-4-5-14-12(18)10-2-3-11-16-15-9-17(11)8-10;;/h2-3,8-9,13H,4-7H2,1H3,(H,14,18);2*1H. The molecule has 0 spiro atoms. The van der Waals surface area contributed by atoms with Gasteiger partial charge in [0.2, 0.25) is 0 Å². The van der Waals surface area contributed by atoms with Crippen LogP contribution in [-0.4, -0.2) is 53.9 Å². The zero-order valence-electron chi connectivity index (χ0n) is 11.6. The van der Waals surface area contributed by atoms with Crippen molar-refractivity contribution in [1.82, 2.24) is 25.2 Å². The summed E-state index contributed by atoms with van der Waals surface area (Å²) in [6.45, 7) is 2.73. The molecule has 0 radical (unpaired) electrons. The van der Waals surface area contributed by atoms with Gasteiger partial charge in [-0.15, -0.1) is 35.0 Å². The number of ether oxygens (including phenoxy) is 1. The Bertz CT molecular complexity index is 549. The van der Waals surface area contributed by atoms with E-state index in [0.29, 0.717) is 25.3 Å². The van der Waals surface area contributed by atoms with E-state index < -0.39 is 0 Å². The first-order valence-electron chi connectivity index (χ1n) is 6.08. The minimum atomic E-state index is -0.107. The van der Waals surface area contributed by atoms with Crippen LogP contribution in [0.15, 0.2) is 24.7 Å². The molecule has 2 aromatic heterocycles. The van der Waals surface area contributed by atoms with Gasteiger partial charge in [-0.2, -0.15) is 0 Å². The third-order valence-electron chi connectivity index (χ3n) is 2.62. The van der Waals surface area contributed by atoms with Crippen LogP contribution < -0.4 is 10.6 Å². The Morgan fingerprint density at radius 3 is 2.86 bits per heavy atom. The summed E-state index contributed by atoms with van der Waals surface area (Å²) in [7, 11) is 1.66. The zero-order chi connectivity index (χ0) is 13.5. The van der Waals surface area contributed by atoms with Gasteiger partial charge in [-0.1, -0.05) is 0 Å². The van der Waals surface area contributed by atoms with Crippen LogP contribution in [0.1, 0.15) is 10.4 Å². The Morgan fingerprint density at radius 1 is 1.29 bits per heavy atom. The van der Waals surface area contributed by atoms with E-state index in [1.54, 1.807) is 36.2 Å². The van der Waals surface area contributed by atoms with E-state index in [2.05, 4.69) is 20.8 Å². The molecule has 0 fully saturated rings. The summed E-state index contributed by atoms with van der Waals surface area (Å²) < 4.78 is 6.62. The molecule has 0 aliphatic rings. The third-order valence-corrected chi connectivity index (χ3v) is 2.62. The second-order valence-corrected chi connectivity index (χ2v) is 4.01. The van der Waals surface area contributed by atoms with Crippen molar-refractivity contribution in [3.05, 3.63) is 30.2 Å². The van der Waals surface area contributed by atoms with E-state index in [4.69, 9.17) is 4.74 Å². The number of fused-ring (bicyclic) bond motifs is 1. The van der Waals surface area contributed by atoms with E-state index in [-0.39, 0.29) is 30.7 Å². The number of hydrogen-bond donors (Lipinski definition) is 2. The summed E-state index contributed by atoms with van der Waals surface area (Å²) in [6.07, 6.45) is 3.28. The average molecular weight is 336 g/mol. The number of amides is 1. The summed E-state index contributed by atoms with van der Waals surface area (Å²) in [5.74, 6) is -0.107. The zero-order valence-corrected chi connectivity index (χ0v) is 13.2. The first kappa shape index (κ1) is 19.6. The van der Waals surface area contributed by atoms with Crippen molar-refractivity contribution < 1.29 is 9.53 Å². The Morgan fingerprint density at radius 2 is 2.10 bits per heavy atom. The number of hydrogen-bond acceptors (Lipinski definition) is 5. The number of nitrogens with one attached hydrogen (secondary N) is 2. The average Bonchev–Trinajstić information content (AvgIpc) is 2.89. The maximum atomic E-state index is 11.9. The minimum absolute atomic E-state index is 0. The molecule has 0 saturated carbocycles. The summed E-state index contributed by atoms with van der Waals surface area (Å²) in [6, 6.07) is 3.50. The second-order valence-electron chi connectivity index (χ2n) is 4.01. The Kier molecular flexibility index (Phi) is 9.64. The lowest BCUT2D eigenvalue weighted by Gasteiger charge is -2.06. The molecule has 9 heteroatoms. The second kappa shape index (κ2) is 10.3. The molecule has 2 rings (SSSR count). The highest BCUT2D eigenvalue weighted by molar-refractivity contribution is 5.94. The number of carbonyl (C=O) groups excluding carboxylic acids is 1. The highest BCUT2D eigenvalue weighted by Gasteiger charge is 2.06. The fourth-order valence-corrected chi connectivity index (χ4v) is 1.63. The predicted octanol–water partition coefficient (Wildman–Crippen LogP) is 0.539. The van der Waals surface area contributed by atoms with Gasteiger partial charge in [-0.25, -0.2) is 0 Å². The fourth-order valence-electron chi connectivity index (χ4n) is 1.63. The van der Waals surface area contributed by atoms with Crippen molar-refractivity contribution in [3.63, 3.8) is 0 Å². The lowest BCUT2D eigenvalue weighted by molar-refractivity contribution is 0.0953. The number of nitrogens with zero attached hydrogens (tertiary/aromatic N) is 3. The first-order chi connectivity index (χ1) is 9.31. The molecular formula is C12H19Cl2N5O2. The molecule has 2 heterocycles. The van der Waals surface area contributed by atoms with Crippen LogP contribution >= 0.6 is 24.8 Å². The largest absolute Gasteiger partial charge is 0.383 e. The molecule has 0 aliphatic heterocycles. The Hall–Kier alpha value is -1.41. The molecule has 2 N–H and O–H groups in total. The van der Waals surface area contributed by atoms with Crippen LogP contribution in [0.4, 0.5) is 0 Å². The topological polar surface area (TPSA) is 80.5 Å². The van der Waals surface area contributed by atoms with E-state index >= 15 is 0 Å². The maximum Gasteiger partial charge on any atom is 0.252 e. The summed E-state index contributed by atoms with van der Waals surface area (Å²) in [5, 5.41) is 13.6. The Labute approximate surface area is 135 Å². The molecule has 0 aromatic carbocycles. The lowest BCUT2D eigenvalue weighted by atomic mass is 10.2. The summed E-state index contributed by atoms with van der Waals surface area (Å²) in [4.78, 5) is 11.9. The molecule has 118 valence electrons. The first-order valence-corrected chi connectivity index (χ1v) is 6.08. The van der Waals surface area contributed by atoms with E-state index in [0.717, 1.165) is 12.2 Å². The number of pyridine rings is 1. The van der Waals surface area contributed by atoms with Gasteiger partial charge in [0.05, 0.1) is 12.2 Å². The van der Waals surface area contributed by atoms with E-state index in [1.165, 1.54) is 0 Å². The van der Waals surface area contributed by atoms with Crippen molar-refractivity contribution in [2.75, 3.05) is 33.4 Å². The summed E-state index contributed by atoms with van der Waals surface area (Å²) in [5.41, 5.74) is 1.31. The molecule has 0 saturated heterocycles. The minimum Gasteiger partial charge on any atom is -0.383 e. The molecule has 7 nitrogen and oxygen atoms in total. The Balaban J connectivity index is 0.00000200. The van der Waals surface area contributed by atoms with Crippen molar-refractivity contribution >= 4 is 36.4 Å². The quantitative estimate of drug-likeness (QED) is 0.722. The normalized spacial score (nSPS) is 9.76. The van der Waals surface area contributed by atoms with Crippen molar-refractivity contribution in [3.8, 4) is 0 Å². The van der Waals surface area contributed by atoms with Gasteiger partial charge < -0.3 is 15.4 Å². The number of aromatic nitrogens is 3. The van der Waals surface area contributed by atoms with Crippen molar-refractivity contribution in [2.24, 2.45) is 0 Å². The smallest absolute Gasteiger partial charge is 0.252 e. The van der Waals surface area contributed by atoms with Gasteiger partial charge in [-0.3, -0.25) is 9.20 Å². The van der Waals surface area contributed by atoms with Gasteiger partial charge in [0, 0.05) is 32.9 Å². The number of carbonyl (C=O) groups is 1. The van der Waals surface area contributed by atoms with Gasteiger partial charge in [-0.05, 0) is 12.1 Å². The molecule has 0 bridgehead atoms. The van der Waals surface area contributed by atoms with Crippen LogP contribution in [0, 0.1) is 0 Å². The van der Waals surface area contributed by atoms with Gasteiger partial charge in [0.15, 0.2) is 5.65 Å². The van der Waals surface area contributed by atoms with Crippen molar-refractivity contribution in [2.45, 2.75) is 0 Å². The van der Waals surface area contributed by atoms with Gasteiger partial charge in [0.1, 0.15) is 6.33 Å². The maximum absolute atomic E-state index is 11.9.